The van der Waals surface area contributed by atoms with Gasteiger partial charge in [-0.2, -0.15) is 0 Å². The van der Waals surface area contributed by atoms with Crippen LogP contribution in [0, 0.1) is 0 Å². The molecule has 0 atom stereocenters. The Labute approximate surface area is 267 Å². The van der Waals surface area contributed by atoms with Gasteiger partial charge < -0.3 is 0 Å². The van der Waals surface area contributed by atoms with Gasteiger partial charge in [0.2, 0.25) is 0 Å². The van der Waals surface area contributed by atoms with E-state index < -0.39 is 0 Å². The first kappa shape index (κ1) is 26.1. The fourth-order valence-electron chi connectivity index (χ4n) is 9.02. The molecule has 2 heteroatoms. The summed E-state index contributed by atoms with van der Waals surface area (Å²) in [5, 5.41) is 14.8. The molecule has 0 unspecified atom stereocenters. The second-order valence-electron chi connectivity index (χ2n) is 14.5. The van der Waals surface area contributed by atoms with Crippen LogP contribution in [0.2, 0.25) is 0 Å². The van der Waals surface area contributed by atoms with E-state index in [1.165, 1.54) is 135 Å². The molecule has 0 saturated carbocycles. The number of thiophene rings is 2. The fourth-order valence-corrected chi connectivity index (χ4v) is 11.5. The van der Waals surface area contributed by atoms with E-state index in [9.17, 15) is 0 Å². The molecule has 2 heterocycles. The summed E-state index contributed by atoms with van der Waals surface area (Å²) in [6, 6.07) is 20.6. The smallest absolute Gasteiger partial charge is 0.0434 e. The van der Waals surface area contributed by atoms with Crippen molar-refractivity contribution in [3.8, 4) is 0 Å². The minimum atomic E-state index is 0.457. The minimum Gasteiger partial charge on any atom is -0.135 e. The van der Waals surface area contributed by atoms with Crippen molar-refractivity contribution >= 4 is 95.3 Å². The largest absolute Gasteiger partial charge is 0.135 e. The van der Waals surface area contributed by atoms with E-state index in [4.69, 9.17) is 0 Å². The maximum Gasteiger partial charge on any atom is 0.0434 e. The van der Waals surface area contributed by atoms with E-state index in [0.29, 0.717) is 11.8 Å². The second-order valence-corrected chi connectivity index (χ2v) is 16.6. The number of hydrogen-bond acceptors (Lipinski definition) is 2. The molecule has 6 aromatic carbocycles. The molecule has 0 spiro atoms. The predicted octanol–water partition coefficient (Wildman–Crippen LogP) is 13.3. The zero-order valence-electron chi connectivity index (χ0n) is 26.2. The Kier molecular flexibility index (Phi) is 5.44. The highest BCUT2D eigenvalue weighted by Crippen LogP contribution is 2.52. The van der Waals surface area contributed by atoms with Gasteiger partial charge in [-0.3, -0.25) is 0 Å². The third kappa shape index (κ3) is 3.45. The second kappa shape index (κ2) is 9.18. The van der Waals surface area contributed by atoms with E-state index in [-0.39, 0.29) is 0 Å². The van der Waals surface area contributed by atoms with Gasteiger partial charge in [-0.25, -0.2) is 0 Å². The summed E-state index contributed by atoms with van der Waals surface area (Å²) in [5.41, 5.74) is 9.38. The van der Waals surface area contributed by atoms with Crippen LogP contribution in [-0.4, -0.2) is 0 Å². The summed E-state index contributed by atoms with van der Waals surface area (Å²) in [4.78, 5) is 0. The summed E-state index contributed by atoms with van der Waals surface area (Å²) in [6.45, 7) is 9.59. The molecule has 2 aliphatic carbocycles. The Hall–Kier alpha value is -3.20. The molecule has 2 aliphatic rings. The van der Waals surface area contributed by atoms with Crippen LogP contribution in [0.25, 0.3) is 72.7 Å². The van der Waals surface area contributed by atoms with Gasteiger partial charge in [-0.05, 0) is 167 Å². The number of rotatable bonds is 2. The van der Waals surface area contributed by atoms with Crippen LogP contribution in [0.15, 0.2) is 48.5 Å². The van der Waals surface area contributed by atoms with Gasteiger partial charge in [0, 0.05) is 51.1 Å². The standard InChI is InChI=1S/C42H38S2/c1-21(2)27-17-35-40-32(20-34-30-14-24-10-6-8-12-26(24)16-38(30)43-41(34)35)28(22(3)4)18-36-39(40)31(27)19-33-29-13-23-9-5-7-11-25(23)15-37(29)44-42(33)36/h13-22H,5-12H2,1-4H3. The predicted molar refractivity (Wildman–Crippen MR) is 197 cm³/mol. The molecular weight excluding hydrogens is 569 g/mol. The minimum absolute atomic E-state index is 0.457. The SMILES string of the molecule is CC(C)c1cc2c3sc4cc5c(cc4c3cc3c(C(C)C)cc4c6sc7cc8c(cc7c6cc1c4c32)CCCC8)CCCC5. The first-order valence-corrected chi connectivity index (χ1v) is 18.6. The van der Waals surface area contributed by atoms with E-state index in [2.05, 4.69) is 76.2 Å². The molecule has 8 aromatic rings. The van der Waals surface area contributed by atoms with Gasteiger partial charge >= 0.3 is 0 Å². The molecule has 10 rings (SSSR count). The lowest BCUT2D eigenvalue weighted by Crippen LogP contribution is -2.01. The van der Waals surface area contributed by atoms with Crippen molar-refractivity contribution in [2.75, 3.05) is 0 Å². The molecule has 0 aliphatic heterocycles. The number of benzene rings is 6. The van der Waals surface area contributed by atoms with E-state index in [0.717, 1.165) is 0 Å². The first-order chi connectivity index (χ1) is 21.4. The zero-order valence-corrected chi connectivity index (χ0v) is 27.9. The lowest BCUT2D eigenvalue weighted by Gasteiger charge is -2.21. The van der Waals surface area contributed by atoms with Crippen molar-refractivity contribution in [2.45, 2.75) is 90.9 Å². The van der Waals surface area contributed by atoms with Crippen LogP contribution >= 0.6 is 22.7 Å². The average Bonchev–Trinajstić information content (AvgIpc) is 3.57. The topological polar surface area (TPSA) is 0 Å². The van der Waals surface area contributed by atoms with Gasteiger partial charge in [-0.1, -0.05) is 27.7 Å². The quantitative estimate of drug-likeness (QED) is 0.172. The molecule has 0 saturated heterocycles. The van der Waals surface area contributed by atoms with Gasteiger partial charge in [0.15, 0.2) is 0 Å². The van der Waals surface area contributed by atoms with Crippen molar-refractivity contribution in [3.05, 3.63) is 81.9 Å². The van der Waals surface area contributed by atoms with Gasteiger partial charge in [0.1, 0.15) is 0 Å². The van der Waals surface area contributed by atoms with Crippen molar-refractivity contribution in [2.24, 2.45) is 0 Å². The fraction of sp³-hybridized carbons (Fsp3) is 0.333. The summed E-state index contributed by atoms with van der Waals surface area (Å²) >= 11 is 4.09. The first-order valence-electron chi connectivity index (χ1n) is 17.0. The molecule has 0 N–H and O–H groups in total. The molecule has 0 bridgehead atoms. The summed E-state index contributed by atoms with van der Waals surface area (Å²) in [5.74, 6) is 0.913. The lowest BCUT2D eigenvalue weighted by molar-refractivity contribution is 0.687. The Morgan fingerprint density at radius 1 is 0.409 bits per heavy atom. The highest BCUT2D eigenvalue weighted by atomic mass is 32.1. The molecule has 0 amide bonds. The zero-order chi connectivity index (χ0) is 29.4. The Morgan fingerprint density at radius 3 is 1.18 bits per heavy atom. The maximum atomic E-state index is 2.61. The van der Waals surface area contributed by atoms with Crippen LogP contribution in [0.3, 0.4) is 0 Å². The summed E-state index contributed by atoms with van der Waals surface area (Å²) < 4.78 is 5.93. The monoisotopic (exact) mass is 606 g/mol. The Balaban J connectivity index is 1.41. The van der Waals surface area contributed by atoms with Crippen LogP contribution in [0.4, 0.5) is 0 Å². The molecular formula is C42H38S2. The van der Waals surface area contributed by atoms with Crippen molar-refractivity contribution in [1.82, 2.24) is 0 Å². The summed E-state index contributed by atoms with van der Waals surface area (Å²) in [7, 11) is 0. The molecule has 0 radical (unpaired) electrons. The Bertz CT molecular complexity index is 2320. The van der Waals surface area contributed by atoms with Crippen molar-refractivity contribution in [1.29, 1.82) is 0 Å². The molecule has 0 fully saturated rings. The molecule has 44 heavy (non-hydrogen) atoms. The third-order valence-corrected chi connectivity index (χ3v) is 13.6. The number of fused-ring (bicyclic) bond motifs is 10. The number of hydrogen-bond donors (Lipinski definition) is 0. The van der Waals surface area contributed by atoms with Gasteiger partial charge in [-0.15, -0.1) is 22.7 Å². The van der Waals surface area contributed by atoms with Crippen molar-refractivity contribution < 1.29 is 0 Å². The van der Waals surface area contributed by atoms with Crippen LogP contribution in [-0.2, 0) is 25.7 Å². The normalized spacial score (nSPS) is 15.9. The molecule has 2 aromatic heterocycles. The van der Waals surface area contributed by atoms with Crippen LogP contribution < -0.4 is 0 Å². The summed E-state index contributed by atoms with van der Waals surface area (Å²) in [6.07, 6.45) is 10.3. The van der Waals surface area contributed by atoms with Gasteiger partial charge in [0.05, 0.1) is 0 Å². The average molecular weight is 607 g/mol. The van der Waals surface area contributed by atoms with Crippen LogP contribution in [0.5, 0.6) is 0 Å². The third-order valence-electron chi connectivity index (χ3n) is 11.2. The molecule has 0 nitrogen and oxygen atoms in total. The van der Waals surface area contributed by atoms with E-state index in [1.54, 1.807) is 22.3 Å². The number of aryl methyl sites for hydroxylation is 4. The van der Waals surface area contributed by atoms with Crippen molar-refractivity contribution in [3.63, 3.8) is 0 Å². The van der Waals surface area contributed by atoms with Crippen LogP contribution in [0.1, 0.15) is 98.6 Å². The Morgan fingerprint density at radius 2 is 0.795 bits per heavy atom. The van der Waals surface area contributed by atoms with E-state index in [1.807, 2.05) is 22.7 Å². The van der Waals surface area contributed by atoms with Gasteiger partial charge in [0.25, 0.3) is 0 Å². The van der Waals surface area contributed by atoms with E-state index >= 15 is 0 Å². The highest BCUT2D eigenvalue weighted by Gasteiger charge is 2.25. The maximum absolute atomic E-state index is 2.61. The molecule has 218 valence electrons. The lowest BCUT2D eigenvalue weighted by atomic mass is 9.82. The highest BCUT2D eigenvalue weighted by molar-refractivity contribution is 7.27.